The van der Waals surface area contributed by atoms with Crippen molar-refractivity contribution in [3.63, 3.8) is 0 Å². The first kappa shape index (κ1) is 14.7. The molecule has 122 valence electrons. The molecule has 1 amide bonds. The van der Waals surface area contributed by atoms with Crippen LogP contribution in [0.1, 0.15) is 16.8 Å². The monoisotopic (exact) mass is 344 g/mol. The van der Waals surface area contributed by atoms with Crippen LogP contribution in [0.3, 0.4) is 0 Å². The van der Waals surface area contributed by atoms with Crippen molar-refractivity contribution in [1.82, 2.24) is 25.0 Å². The van der Waals surface area contributed by atoms with E-state index >= 15 is 0 Å². The summed E-state index contributed by atoms with van der Waals surface area (Å²) < 4.78 is 7.31. The zero-order valence-electron chi connectivity index (χ0n) is 12.3. The van der Waals surface area contributed by atoms with Gasteiger partial charge in [0.25, 0.3) is 0 Å². The van der Waals surface area contributed by atoms with Gasteiger partial charge in [-0.1, -0.05) is 17.2 Å². The maximum Gasteiger partial charge on any atom is 0.326 e. The Morgan fingerprint density at radius 2 is 2.12 bits per heavy atom. The molecule has 1 aromatic carbocycles. The maximum absolute atomic E-state index is 12.3. The zero-order chi connectivity index (χ0) is 16.5. The van der Waals surface area contributed by atoms with Crippen molar-refractivity contribution in [1.29, 1.82) is 0 Å². The van der Waals surface area contributed by atoms with Crippen LogP contribution >= 0.6 is 11.8 Å². The number of carbonyl (C=O) groups excluding carboxylic acids is 1. The number of benzene rings is 1. The van der Waals surface area contributed by atoms with Crippen molar-refractivity contribution in [3.05, 3.63) is 48.4 Å². The van der Waals surface area contributed by atoms with Gasteiger partial charge in [-0.3, -0.25) is 4.79 Å². The number of aromatic nitrogens is 5. The van der Waals surface area contributed by atoms with E-state index in [4.69, 9.17) is 4.42 Å². The molecule has 3 aromatic rings. The molecule has 1 saturated heterocycles. The minimum atomic E-state index is -0.312. The molecule has 1 N–H and O–H groups in total. The summed E-state index contributed by atoms with van der Waals surface area (Å²) in [5.41, 5.74) is 0.796. The van der Waals surface area contributed by atoms with Crippen molar-refractivity contribution in [3.8, 4) is 5.75 Å². The normalized spacial score (nSPS) is 17.6. The van der Waals surface area contributed by atoms with Crippen LogP contribution in [0.25, 0.3) is 0 Å². The molecule has 24 heavy (non-hydrogen) atoms. The third-order valence-electron chi connectivity index (χ3n) is 3.47. The van der Waals surface area contributed by atoms with Crippen LogP contribution in [-0.2, 0) is 11.3 Å². The molecular formula is C14H12N6O3S. The lowest BCUT2D eigenvalue weighted by Gasteiger charge is -2.19. The Labute approximate surface area is 140 Å². The third-order valence-corrected chi connectivity index (χ3v) is 4.68. The van der Waals surface area contributed by atoms with Crippen LogP contribution < -0.4 is 4.90 Å². The Balaban J connectivity index is 1.61. The number of aromatic hydroxyl groups is 1. The number of rotatable bonds is 4. The summed E-state index contributed by atoms with van der Waals surface area (Å²) in [7, 11) is 0. The highest BCUT2D eigenvalue weighted by Crippen LogP contribution is 2.41. The molecule has 3 heterocycles. The molecule has 0 radical (unpaired) electrons. The Hall–Kier alpha value is -2.88. The standard InChI is InChI=1S/C14H12N6O3S/c21-10-3-1-2-9(4-10)13-20(12(22)6-24-13)14-18-17-11(23-14)5-19-7-15-16-8-19/h1-4,7-8,13,21H,5-6H2. The fraction of sp³-hybridized carbons (Fsp3) is 0.214. The van der Waals surface area contributed by atoms with E-state index < -0.39 is 0 Å². The number of phenols is 1. The first-order valence-electron chi connectivity index (χ1n) is 7.08. The average Bonchev–Trinajstić information content (AvgIpc) is 3.29. The van der Waals surface area contributed by atoms with Gasteiger partial charge >= 0.3 is 6.01 Å². The zero-order valence-corrected chi connectivity index (χ0v) is 13.1. The van der Waals surface area contributed by atoms with Gasteiger partial charge in [-0.2, -0.15) is 0 Å². The highest BCUT2D eigenvalue weighted by molar-refractivity contribution is 8.00. The lowest BCUT2D eigenvalue weighted by Crippen LogP contribution is -2.28. The number of amides is 1. The van der Waals surface area contributed by atoms with Crippen LogP contribution in [0.5, 0.6) is 5.75 Å². The second kappa shape index (κ2) is 5.96. The summed E-state index contributed by atoms with van der Waals surface area (Å²) in [6, 6.07) is 6.92. The Bertz CT molecular complexity index is 865. The van der Waals surface area contributed by atoms with E-state index in [1.807, 2.05) is 6.07 Å². The highest BCUT2D eigenvalue weighted by Gasteiger charge is 2.37. The lowest BCUT2D eigenvalue weighted by molar-refractivity contribution is -0.116. The SMILES string of the molecule is O=C1CSC(c2cccc(O)c2)N1c1nnc(Cn2cnnc2)o1. The summed E-state index contributed by atoms with van der Waals surface area (Å²) in [5, 5.41) is 24.7. The van der Waals surface area contributed by atoms with Gasteiger partial charge in [0.1, 0.15) is 30.3 Å². The van der Waals surface area contributed by atoms with E-state index in [2.05, 4.69) is 20.4 Å². The van der Waals surface area contributed by atoms with Crippen molar-refractivity contribution in [2.75, 3.05) is 10.7 Å². The Kier molecular flexibility index (Phi) is 3.65. The summed E-state index contributed by atoms with van der Waals surface area (Å²) in [5.74, 6) is 0.687. The molecule has 10 heteroatoms. The van der Waals surface area contributed by atoms with Crippen LogP contribution in [-0.4, -0.2) is 41.7 Å². The number of hydrogen-bond donors (Lipinski definition) is 1. The highest BCUT2D eigenvalue weighted by atomic mass is 32.2. The Morgan fingerprint density at radius 1 is 1.29 bits per heavy atom. The molecular weight excluding hydrogens is 332 g/mol. The second-order valence-corrected chi connectivity index (χ2v) is 6.20. The van der Waals surface area contributed by atoms with Gasteiger partial charge in [0.05, 0.1) is 5.75 Å². The summed E-state index contributed by atoms with van der Waals surface area (Å²) in [4.78, 5) is 13.7. The number of nitrogens with zero attached hydrogens (tertiary/aromatic N) is 6. The quantitative estimate of drug-likeness (QED) is 0.751. The fourth-order valence-electron chi connectivity index (χ4n) is 2.42. The molecule has 1 aliphatic heterocycles. The van der Waals surface area contributed by atoms with E-state index in [0.717, 1.165) is 5.56 Å². The topological polar surface area (TPSA) is 110 Å². The van der Waals surface area contributed by atoms with Crippen LogP contribution in [0.15, 0.2) is 41.3 Å². The first-order valence-corrected chi connectivity index (χ1v) is 8.13. The molecule has 1 unspecified atom stereocenters. The van der Waals surface area contributed by atoms with Gasteiger partial charge in [0, 0.05) is 0 Å². The van der Waals surface area contributed by atoms with Gasteiger partial charge < -0.3 is 14.1 Å². The number of carbonyl (C=O) groups is 1. The second-order valence-electron chi connectivity index (χ2n) is 5.13. The molecule has 4 rings (SSSR count). The van der Waals surface area contributed by atoms with Crippen molar-refractivity contribution in [2.45, 2.75) is 11.9 Å². The Morgan fingerprint density at radius 3 is 2.92 bits per heavy atom. The number of anilines is 1. The van der Waals surface area contributed by atoms with Crippen molar-refractivity contribution in [2.24, 2.45) is 0 Å². The molecule has 1 atom stereocenters. The van der Waals surface area contributed by atoms with E-state index in [1.54, 1.807) is 22.8 Å². The lowest BCUT2D eigenvalue weighted by atomic mass is 10.2. The molecule has 1 fully saturated rings. The van der Waals surface area contributed by atoms with Gasteiger partial charge in [-0.15, -0.1) is 27.1 Å². The molecule has 0 bridgehead atoms. The van der Waals surface area contributed by atoms with Crippen LogP contribution in [0, 0.1) is 0 Å². The van der Waals surface area contributed by atoms with E-state index in [0.29, 0.717) is 18.2 Å². The van der Waals surface area contributed by atoms with E-state index in [9.17, 15) is 9.90 Å². The minimum Gasteiger partial charge on any atom is -0.508 e. The van der Waals surface area contributed by atoms with E-state index in [1.165, 1.54) is 29.3 Å². The molecule has 2 aromatic heterocycles. The largest absolute Gasteiger partial charge is 0.508 e. The number of hydrogen-bond acceptors (Lipinski definition) is 8. The molecule has 0 spiro atoms. The van der Waals surface area contributed by atoms with Gasteiger partial charge in [0.15, 0.2) is 0 Å². The molecule has 9 nitrogen and oxygen atoms in total. The van der Waals surface area contributed by atoms with Gasteiger partial charge in [-0.25, -0.2) is 4.90 Å². The van der Waals surface area contributed by atoms with E-state index in [-0.39, 0.29) is 23.0 Å². The molecule has 0 aliphatic carbocycles. The van der Waals surface area contributed by atoms with Gasteiger partial charge in [0.2, 0.25) is 11.8 Å². The maximum atomic E-state index is 12.3. The summed E-state index contributed by atoms with van der Waals surface area (Å²) >= 11 is 1.44. The van der Waals surface area contributed by atoms with Crippen molar-refractivity contribution >= 4 is 23.7 Å². The molecule has 0 saturated carbocycles. The van der Waals surface area contributed by atoms with Gasteiger partial charge in [-0.05, 0) is 17.7 Å². The fourth-order valence-corrected chi connectivity index (χ4v) is 3.56. The van der Waals surface area contributed by atoms with Crippen LogP contribution in [0.4, 0.5) is 6.01 Å². The third kappa shape index (κ3) is 2.71. The summed E-state index contributed by atoms with van der Waals surface area (Å²) in [6.07, 6.45) is 3.08. The summed E-state index contributed by atoms with van der Waals surface area (Å²) in [6.45, 7) is 0.325. The number of phenolic OH excluding ortho intramolecular Hbond substituents is 1. The van der Waals surface area contributed by atoms with Crippen molar-refractivity contribution < 1.29 is 14.3 Å². The smallest absolute Gasteiger partial charge is 0.326 e. The predicted octanol–water partition coefficient (Wildman–Crippen LogP) is 1.19. The average molecular weight is 344 g/mol. The minimum absolute atomic E-state index is 0.118. The predicted molar refractivity (Wildman–Crippen MR) is 84.2 cm³/mol. The van der Waals surface area contributed by atoms with Crippen LogP contribution in [0.2, 0.25) is 0 Å². The molecule has 1 aliphatic rings. The number of thioether (sulfide) groups is 1. The first-order chi connectivity index (χ1) is 11.7.